The Kier molecular flexibility index (Phi) is 4.80. The van der Waals surface area contributed by atoms with Crippen molar-refractivity contribution in [2.45, 2.75) is 13.0 Å². The maximum atomic E-state index is 11.2. The molecular formula is C14H18N2O2. The van der Waals surface area contributed by atoms with E-state index < -0.39 is 12.0 Å². The van der Waals surface area contributed by atoms with Gasteiger partial charge in [0.05, 0.1) is 5.69 Å². The summed E-state index contributed by atoms with van der Waals surface area (Å²) in [4.78, 5) is 16.8. The van der Waals surface area contributed by atoms with Crippen molar-refractivity contribution in [3.8, 4) is 0 Å². The quantitative estimate of drug-likeness (QED) is 0.812. The predicted molar refractivity (Wildman–Crippen MR) is 74.4 cm³/mol. The molecule has 0 saturated carbocycles. The molecule has 4 heteroatoms. The van der Waals surface area contributed by atoms with E-state index in [9.17, 15) is 9.90 Å². The molecule has 0 spiro atoms. The van der Waals surface area contributed by atoms with E-state index in [-0.39, 0.29) is 0 Å². The Balaban J connectivity index is 3.14. The summed E-state index contributed by atoms with van der Waals surface area (Å²) in [6.07, 6.45) is 1.84. The molecule has 1 atom stereocenters. The van der Waals surface area contributed by atoms with E-state index in [0.717, 1.165) is 16.8 Å². The molecule has 18 heavy (non-hydrogen) atoms. The normalized spacial score (nSPS) is 13.4. The van der Waals surface area contributed by atoms with Gasteiger partial charge in [0, 0.05) is 5.56 Å². The van der Waals surface area contributed by atoms with Crippen molar-refractivity contribution in [2.75, 3.05) is 14.1 Å². The van der Waals surface area contributed by atoms with Crippen LogP contribution in [0.5, 0.6) is 0 Å². The summed E-state index contributed by atoms with van der Waals surface area (Å²) in [6.45, 7) is 5.31. The molecule has 0 amide bonds. The first-order valence-corrected chi connectivity index (χ1v) is 5.60. The lowest BCUT2D eigenvalue weighted by atomic mass is 10.0. The number of carbonyl (C=O) groups is 1. The van der Waals surface area contributed by atoms with Crippen molar-refractivity contribution in [3.05, 3.63) is 35.4 Å². The summed E-state index contributed by atoms with van der Waals surface area (Å²) in [5.41, 5.74) is 2.38. The van der Waals surface area contributed by atoms with Crippen molar-refractivity contribution in [3.63, 3.8) is 0 Å². The Hall–Kier alpha value is -1.94. The zero-order chi connectivity index (χ0) is 13.7. The van der Waals surface area contributed by atoms with Gasteiger partial charge in [-0.15, -0.1) is 0 Å². The number of nitrogens with zero attached hydrogens (tertiary/aromatic N) is 2. The molecule has 0 saturated heterocycles. The Morgan fingerprint density at radius 3 is 2.56 bits per heavy atom. The summed E-state index contributed by atoms with van der Waals surface area (Å²) < 4.78 is 0. The highest BCUT2D eigenvalue weighted by atomic mass is 16.4. The average Bonchev–Trinajstić information content (AvgIpc) is 2.28. The monoisotopic (exact) mass is 246 g/mol. The van der Waals surface area contributed by atoms with Crippen molar-refractivity contribution >= 4 is 24.5 Å². The van der Waals surface area contributed by atoms with Gasteiger partial charge < -0.3 is 5.11 Å². The van der Waals surface area contributed by atoms with Gasteiger partial charge in [-0.3, -0.25) is 14.7 Å². The topological polar surface area (TPSA) is 52.9 Å². The highest BCUT2D eigenvalue weighted by Gasteiger charge is 2.21. The molecule has 1 aromatic rings. The molecule has 0 fully saturated rings. The van der Waals surface area contributed by atoms with Gasteiger partial charge in [-0.05, 0) is 39.4 Å². The SMILES string of the molecule is C=Nc1ccccc1C=C(C)C(C(=O)O)N(C)C. The molecule has 1 aromatic carbocycles. The van der Waals surface area contributed by atoms with Crippen LogP contribution >= 0.6 is 0 Å². The second-order valence-corrected chi connectivity index (χ2v) is 4.31. The summed E-state index contributed by atoms with van der Waals surface area (Å²) in [6, 6.07) is 6.86. The largest absolute Gasteiger partial charge is 0.480 e. The van der Waals surface area contributed by atoms with Crippen LogP contribution in [0.4, 0.5) is 5.69 Å². The third-order valence-corrected chi connectivity index (χ3v) is 2.67. The number of aliphatic carboxylic acids is 1. The molecule has 1 rings (SSSR count). The molecule has 0 aliphatic rings. The number of para-hydroxylation sites is 1. The van der Waals surface area contributed by atoms with E-state index in [0.29, 0.717) is 0 Å². The van der Waals surface area contributed by atoms with Gasteiger partial charge in [-0.1, -0.05) is 24.3 Å². The molecule has 0 aromatic heterocycles. The number of carboxylic acid groups (broad SMARTS) is 1. The van der Waals surface area contributed by atoms with Crippen LogP contribution in [0.15, 0.2) is 34.8 Å². The minimum absolute atomic E-state index is 0.636. The Labute approximate surface area is 107 Å². The number of benzene rings is 1. The molecule has 0 radical (unpaired) electrons. The van der Waals surface area contributed by atoms with E-state index >= 15 is 0 Å². The number of hydrogen-bond donors (Lipinski definition) is 1. The van der Waals surface area contributed by atoms with Crippen molar-refractivity contribution in [1.82, 2.24) is 4.90 Å². The molecule has 1 unspecified atom stereocenters. The van der Waals surface area contributed by atoms with Crippen LogP contribution in [-0.4, -0.2) is 42.8 Å². The van der Waals surface area contributed by atoms with E-state index in [1.165, 1.54) is 0 Å². The van der Waals surface area contributed by atoms with Crippen LogP contribution in [0.3, 0.4) is 0 Å². The lowest BCUT2D eigenvalue weighted by Gasteiger charge is -2.20. The van der Waals surface area contributed by atoms with Crippen LogP contribution in [0, 0.1) is 0 Å². The molecule has 0 aliphatic heterocycles. The van der Waals surface area contributed by atoms with Gasteiger partial charge in [-0.25, -0.2) is 0 Å². The second kappa shape index (κ2) is 6.12. The molecule has 96 valence electrons. The van der Waals surface area contributed by atoms with Crippen LogP contribution in [0.2, 0.25) is 0 Å². The van der Waals surface area contributed by atoms with Crippen LogP contribution in [-0.2, 0) is 4.79 Å². The van der Waals surface area contributed by atoms with E-state index in [1.807, 2.05) is 30.3 Å². The highest BCUT2D eigenvalue weighted by Crippen LogP contribution is 2.22. The lowest BCUT2D eigenvalue weighted by molar-refractivity contribution is -0.140. The Bertz CT molecular complexity index is 478. The van der Waals surface area contributed by atoms with Gasteiger partial charge in [-0.2, -0.15) is 0 Å². The third kappa shape index (κ3) is 3.28. The molecule has 1 N–H and O–H groups in total. The summed E-state index contributed by atoms with van der Waals surface area (Å²) in [7, 11) is 3.49. The summed E-state index contributed by atoms with van der Waals surface area (Å²) in [5.74, 6) is -0.863. The number of rotatable bonds is 5. The van der Waals surface area contributed by atoms with Gasteiger partial charge in [0.2, 0.25) is 0 Å². The van der Waals surface area contributed by atoms with E-state index in [1.54, 1.807) is 25.9 Å². The first kappa shape index (κ1) is 14.1. The maximum absolute atomic E-state index is 11.2. The van der Waals surface area contributed by atoms with Crippen molar-refractivity contribution in [2.24, 2.45) is 4.99 Å². The fraction of sp³-hybridized carbons (Fsp3) is 0.286. The van der Waals surface area contributed by atoms with Crippen LogP contribution in [0.1, 0.15) is 12.5 Å². The second-order valence-electron chi connectivity index (χ2n) is 4.31. The standard InChI is InChI=1S/C14H18N2O2/c1-10(13(14(17)18)16(3)4)9-11-7-5-6-8-12(11)15-2/h5-9,13H,2H2,1,3-4H3,(H,17,18). The van der Waals surface area contributed by atoms with Gasteiger partial charge in [0.25, 0.3) is 0 Å². The van der Waals surface area contributed by atoms with E-state index in [4.69, 9.17) is 0 Å². The first-order chi connectivity index (χ1) is 8.47. The fourth-order valence-corrected chi connectivity index (χ4v) is 1.90. The zero-order valence-corrected chi connectivity index (χ0v) is 10.9. The minimum atomic E-state index is -0.863. The van der Waals surface area contributed by atoms with Crippen LogP contribution in [0.25, 0.3) is 6.08 Å². The molecule has 0 bridgehead atoms. The number of hydrogen-bond acceptors (Lipinski definition) is 3. The zero-order valence-electron chi connectivity index (χ0n) is 10.9. The maximum Gasteiger partial charge on any atom is 0.325 e. The summed E-state index contributed by atoms with van der Waals surface area (Å²) in [5, 5.41) is 9.20. The number of aliphatic imine (C=N–C) groups is 1. The fourth-order valence-electron chi connectivity index (χ4n) is 1.90. The third-order valence-electron chi connectivity index (χ3n) is 2.67. The Morgan fingerprint density at radius 2 is 2.06 bits per heavy atom. The highest BCUT2D eigenvalue weighted by molar-refractivity contribution is 5.80. The Morgan fingerprint density at radius 1 is 1.44 bits per heavy atom. The van der Waals surface area contributed by atoms with Gasteiger partial charge in [0.15, 0.2) is 0 Å². The van der Waals surface area contributed by atoms with Crippen LogP contribution < -0.4 is 0 Å². The van der Waals surface area contributed by atoms with Gasteiger partial charge >= 0.3 is 5.97 Å². The molecule has 4 nitrogen and oxygen atoms in total. The average molecular weight is 246 g/mol. The van der Waals surface area contributed by atoms with Crippen molar-refractivity contribution in [1.29, 1.82) is 0 Å². The molecular weight excluding hydrogens is 228 g/mol. The van der Waals surface area contributed by atoms with Gasteiger partial charge in [0.1, 0.15) is 6.04 Å². The van der Waals surface area contributed by atoms with Crippen molar-refractivity contribution < 1.29 is 9.90 Å². The lowest BCUT2D eigenvalue weighted by Crippen LogP contribution is -2.36. The first-order valence-electron chi connectivity index (χ1n) is 5.60. The van der Waals surface area contributed by atoms with E-state index in [2.05, 4.69) is 11.7 Å². The summed E-state index contributed by atoms with van der Waals surface area (Å²) >= 11 is 0. The minimum Gasteiger partial charge on any atom is -0.480 e. The predicted octanol–water partition coefficient (Wildman–Crippen LogP) is 2.44. The smallest absolute Gasteiger partial charge is 0.325 e. The number of likely N-dealkylation sites (N-methyl/N-ethyl adjacent to an activating group) is 1. The molecule has 0 heterocycles. The molecule has 0 aliphatic carbocycles. The number of carboxylic acids is 1.